The summed E-state index contributed by atoms with van der Waals surface area (Å²) in [6, 6.07) is 10.8. The van der Waals surface area contributed by atoms with Crippen molar-refractivity contribution in [1.29, 1.82) is 0 Å². The molecular formula is C26H32F3N7O2. The zero-order chi connectivity index (χ0) is 27.1. The molecule has 2 aromatic heterocycles. The average Bonchev–Trinajstić information content (AvgIpc) is 3.40. The van der Waals surface area contributed by atoms with Crippen LogP contribution in [-0.2, 0) is 17.5 Å². The summed E-state index contributed by atoms with van der Waals surface area (Å²) in [6.45, 7) is 6.30. The second-order valence-corrected chi connectivity index (χ2v) is 9.23. The van der Waals surface area contributed by atoms with Crippen molar-refractivity contribution < 1.29 is 22.4 Å². The Morgan fingerprint density at radius 2 is 1.79 bits per heavy atom. The van der Waals surface area contributed by atoms with Crippen molar-refractivity contribution in [3.05, 3.63) is 65.7 Å². The molecule has 0 atom stereocenters. The Hall–Kier alpha value is -3.80. The highest BCUT2D eigenvalue weighted by atomic mass is 19.4. The van der Waals surface area contributed by atoms with Gasteiger partial charge < -0.3 is 24.9 Å². The smallest absolute Gasteiger partial charge is 0.416 e. The van der Waals surface area contributed by atoms with Gasteiger partial charge in [0.15, 0.2) is 0 Å². The van der Waals surface area contributed by atoms with Crippen LogP contribution in [0.2, 0.25) is 0 Å². The fourth-order valence-electron chi connectivity index (χ4n) is 4.18. The molecule has 1 aliphatic heterocycles. The minimum absolute atomic E-state index is 0.0828. The number of nitrogens with one attached hydrogen (secondary N) is 2. The molecule has 0 unspecified atom stereocenters. The zero-order valence-electron chi connectivity index (χ0n) is 21.5. The van der Waals surface area contributed by atoms with Crippen LogP contribution < -0.4 is 20.4 Å². The lowest BCUT2D eigenvalue weighted by atomic mass is 10.1. The summed E-state index contributed by atoms with van der Waals surface area (Å²) in [5.41, 5.74) is 0.866. The van der Waals surface area contributed by atoms with Crippen LogP contribution in [0.4, 0.5) is 30.6 Å². The molecule has 1 aliphatic rings. The van der Waals surface area contributed by atoms with Crippen molar-refractivity contribution in [3.8, 4) is 0 Å². The first-order chi connectivity index (χ1) is 18.2. The Morgan fingerprint density at radius 1 is 1.08 bits per heavy atom. The van der Waals surface area contributed by atoms with Crippen molar-refractivity contribution in [3.63, 3.8) is 0 Å². The molecule has 0 saturated carbocycles. The Kier molecular flexibility index (Phi) is 8.72. The van der Waals surface area contributed by atoms with E-state index in [1.807, 2.05) is 35.9 Å². The summed E-state index contributed by atoms with van der Waals surface area (Å²) in [5.74, 6) is 1.85. The van der Waals surface area contributed by atoms with E-state index < -0.39 is 11.7 Å². The first-order valence-corrected chi connectivity index (χ1v) is 12.4. The quantitative estimate of drug-likeness (QED) is 0.412. The fourth-order valence-corrected chi connectivity index (χ4v) is 4.18. The maximum Gasteiger partial charge on any atom is 0.416 e. The molecule has 0 aliphatic carbocycles. The van der Waals surface area contributed by atoms with E-state index in [4.69, 9.17) is 4.42 Å². The number of carbonyl (C=O) groups excluding carboxylic acids is 1. The van der Waals surface area contributed by atoms with Gasteiger partial charge in [0.1, 0.15) is 11.6 Å². The van der Waals surface area contributed by atoms with Gasteiger partial charge in [0.25, 0.3) is 0 Å². The molecule has 1 fully saturated rings. The van der Waals surface area contributed by atoms with Gasteiger partial charge in [-0.3, -0.25) is 9.69 Å². The van der Waals surface area contributed by atoms with E-state index in [0.717, 1.165) is 29.3 Å². The van der Waals surface area contributed by atoms with E-state index in [1.54, 1.807) is 12.3 Å². The van der Waals surface area contributed by atoms with Crippen LogP contribution >= 0.6 is 0 Å². The lowest BCUT2D eigenvalue weighted by molar-refractivity contribution is -0.137. The second-order valence-electron chi connectivity index (χ2n) is 9.23. The molecule has 3 heterocycles. The number of piperazine rings is 1. The van der Waals surface area contributed by atoms with Gasteiger partial charge in [-0.25, -0.2) is 4.98 Å². The Balaban J connectivity index is 1.23. The van der Waals surface area contributed by atoms with Crippen LogP contribution in [-0.4, -0.2) is 73.6 Å². The van der Waals surface area contributed by atoms with Gasteiger partial charge in [-0.15, -0.1) is 0 Å². The maximum atomic E-state index is 12.8. The molecule has 204 valence electrons. The number of likely N-dealkylation sites (N-methyl/N-ethyl adjacent to an activating group) is 1. The third kappa shape index (κ3) is 7.60. The lowest BCUT2D eigenvalue weighted by Gasteiger charge is -2.36. The van der Waals surface area contributed by atoms with Crippen molar-refractivity contribution in [2.24, 2.45) is 0 Å². The second kappa shape index (κ2) is 12.2. The Labute approximate surface area is 219 Å². The van der Waals surface area contributed by atoms with E-state index in [1.165, 1.54) is 12.1 Å². The number of alkyl halides is 3. The fraction of sp³-hybridized carbons (Fsp3) is 0.423. The van der Waals surface area contributed by atoms with Crippen LogP contribution in [0.15, 0.2) is 53.1 Å². The molecule has 9 nitrogen and oxygen atoms in total. The Morgan fingerprint density at radius 3 is 2.45 bits per heavy atom. The minimum Gasteiger partial charge on any atom is -0.468 e. The number of rotatable bonds is 10. The monoisotopic (exact) mass is 531 g/mol. The highest BCUT2D eigenvalue weighted by molar-refractivity contribution is 5.80. The third-order valence-corrected chi connectivity index (χ3v) is 6.22. The number of amides is 1. The largest absolute Gasteiger partial charge is 0.468 e. The van der Waals surface area contributed by atoms with Crippen molar-refractivity contribution in [2.45, 2.75) is 19.6 Å². The van der Waals surface area contributed by atoms with Gasteiger partial charge >= 0.3 is 6.18 Å². The number of nitrogens with zero attached hydrogens (tertiary/aromatic N) is 5. The molecule has 1 amide bonds. The molecule has 38 heavy (non-hydrogen) atoms. The van der Waals surface area contributed by atoms with Crippen molar-refractivity contribution >= 4 is 23.4 Å². The van der Waals surface area contributed by atoms with Crippen molar-refractivity contribution in [2.75, 3.05) is 68.0 Å². The standard InChI is InChI=1S/C26H32F3N7O2/c1-19-16-23(31-17-24(37)30-9-10-34(2)18-22-4-3-15-38-22)33-25(32-19)36-13-11-35(12-14-36)21-7-5-20(6-8-21)26(27,28)29/h3-8,15-16H,9-14,17-18H2,1-2H3,(H,30,37)(H,31,32,33). The van der Waals surface area contributed by atoms with Crippen LogP contribution in [0.3, 0.4) is 0 Å². The average molecular weight is 532 g/mol. The molecule has 0 bridgehead atoms. The molecule has 12 heteroatoms. The van der Waals surface area contributed by atoms with E-state index >= 15 is 0 Å². The SMILES string of the molecule is Cc1cc(NCC(=O)NCCN(C)Cc2ccco2)nc(N2CCN(c3ccc(C(F)(F)F)cc3)CC2)n1. The topological polar surface area (TPSA) is 89.8 Å². The number of hydrogen-bond donors (Lipinski definition) is 2. The number of aromatic nitrogens is 2. The number of halogens is 3. The van der Waals surface area contributed by atoms with E-state index in [-0.39, 0.29) is 12.5 Å². The predicted molar refractivity (Wildman–Crippen MR) is 139 cm³/mol. The number of furan rings is 1. The molecule has 0 radical (unpaired) electrons. The minimum atomic E-state index is -4.34. The molecule has 4 rings (SSSR count). The number of hydrogen-bond acceptors (Lipinski definition) is 8. The van der Waals surface area contributed by atoms with E-state index in [0.29, 0.717) is 57.6 Å². The zero-order valence-corrected chi connectivity index (χ0v) is 21.5. The number of aryl methyl sites for hydroxylation is 1. The highest BCUT2D eigenvalue weighted by Crippen LogP contribution is 2.31. The molecule has 2 N–H and O–H groups in total. The molecular weight excluding hydrogens is 499 g/mol. The summed E-state index contributed by atoms with van der Waals surface area (Å²) in [5, 5.41) is 5.96. The van der Waals surface area contributed by atoms with Gasteiger partial charge in [-0.05, 0) is 50.4 Å². The summed E-state index contributed by atoms with van der Waals surface area (Å²) >= 11 is 0. The molecule has 1 saturated heterocycles. The summed E-state index contributed by atoms with van der Waals surface area (Å²) in [6.07, 6.45) is -2.70. The van der Waals surface area contributed by atoms with Gasteiger partial charge in [-0.1, -0.05) is 0 Å². The first kappa shape index (κ1) is 27.2. The lowest BCUT2D eigenvalue weighted by Crippen LogP contribution is -2.47. The van der Waals surface area contributed by atoms with Gasteiger partial charge in [0.05, 0.1) is 24.9 Å². The molecule has 0 spiro atoms. The normalized spacial score (nSPS) is 14.2. The van der Waals surface area contributed by atoms with Crippen LogP contribution in [0.1, 0.15) is 17.0 Å². The van der Waals surface area contributed by atoms with Crippen molar-refractivity contribution in [1.82, 2.24) is 20.2 Å². The molecule has 1 aromatic carbocycles. The Bertz CT molecular complexity index is 1180. The van der Waals surface area contributed by atoms with Gasteiger partial charge in [0.2, 0.25) is 11.9 Å². The summed E-state index contributed by atoms with van der Waals surface area (Å²) < 4.78 is 43.9. The third-order valence-electron chi connectivity index (χ3n) is 6.22. The van der Waals surface area contributed by atoms with E-state index in [9.17, 15) is 18.0 Å². The molecule has 3 aromatic rings. The highest BCUT2D eigenvalue weighted by Gasteiger charge is 2.30. The number of benzene rings is 1. The number of anilines is 3. The summed E-state index contributed by atoms with van der Waals surface area (Å²) in [7, 11) is 1.96. The van der Waals surface area contributed by atoms with Crippen LogP contribution in [0, 0.1) is 6.92 Å². The first-order valence-electron chi connectivity index (χ1n) is 12.4. The summed E-state index contributed by atoms with van der Waals surface area (Å²) in [4.78, 5) is 27.6. The van der Waals surface area contributed by atoms with E-state index in [2.05, 4.69) is 25.5 Å². The maximum absolute atomic E-state index is 12.8. The van der Waals surface area contributed by atoms with Gasteiger partial charge in [0, 0.05) is 56.7 Å². The number of carbonyl (C=O) groups is 1. The predicted octanol–water partition coefficient (Wildman–Crippen LogP) is 3.38. The van der Waals surface area contributed by atoms with Gasteiger partial charge in [-0.2, -0.15) is 18.2 Å². The van der Waals surface area contributed by atoms with Crippen LogP contribution in [0.5, 0.6) is 0 Å². The van der Waals surface area contributed by atoms with Crippen LogP contribution in [0.25, 0.3) is 0 Å².